The monoisotopic (exact) mass is 317 g/mol. The summed E-state index contributed by atoms with van der Waals surface area (Å²) in [5.74, 6) is -0.338. The first-order valence-corrected chi connectivity index (χ1v) is 6.86. The highest BCUT2D eigenvalue weighted by Crippen LogP contribution is 2.32. The molecule has 0 bridgehead atoms. The van der Waals surface area contributed by atoms with Crippen molar-refractivity contribution in [2.75, 3.05) is 19.6 Å². The van der Waals surface area contributed by atoms with Crippen LogP contribution in [0.2, 0.25) is 10.0 Å². The third-order valence-corrected chi connectivity index (χ3v) is 4.06. The quantitative estimate of drug-likeness (QED) is 0.683. The van der Waals surface area contributed by atoms with Crippen LogP contribution in [0.3, 0.4) is 0 Å². The van der Waals surface area contributed by atoms with Crippen molar-refractivity contribution in [1.82, 2.24) is 10.2 Å². The molecule has 0 spiro atoms. The van der Waals surface area contributed by atoms with E-state index in [9.17, 15) is 14.9 Å². The highest BCUT2D eigenvalue weighted by molar-refractivity contribution is 6.44. The van der Waals surface area contributed by atoms with E-state index in [-0.39, 0.29) is 33.2 Å². The first-order valence-electron chi connectivity index (χ1n) is 6.10. The lowest BCUT2D eigenvalue weighted by atomic mass is 10.1. The molecule has 1 aromatic carbocycles. The maximum absolute atomic E-state index is 12.5. The zero-order chi connectivity index (χ0) is 14.9. The minimum absolute atomic E-state index is 0.00649. The lowest BCUT2D eigenvalue weighted by Gasteiger charge is -2.37. The molecule has 1 aliphatic heterocycles. The molecule has 1 N–H and O–H groups in total. The molecule has 1 heterocycles. The van der Waals surface area contributed by atoms with Crippen molar-refractivity contribution < 1.29 is 9.72 Å². The molecule has 8 heteroatoms. The van der Waals surface area contributed by atoms with Gasteiger partial charge in [-0.15, -0.1) is 0 Å². The van der Waals surface area contributed by atoms with Crippen molar-refractivity contribution in [1.29, 1.82) is 0 Å². The molecular weight excluding hydrogens is 305 g/mol. The van der Waals surface area contributed by atoms with Crippen molar-refractivity contribution in [3.63, 3.8) is 0 Å². The Morgan fingerprint density at radius 3 is 2.60 bits per heavy atom. The van der Waals surface area contributed by atoms with E-state index < -0.39 is 4.92 Å². The summed E-state index contributed by atoms with van der Waals surface area (Å²) in [6.07, 6.45) is 0. The van der Waals surface area contributed by atoms with Crippen molar-refractivity contribution in [2.45, 2.75) is 13.0 Å². The Kier molecular flexibility index (Phi) is 4.47. The molecule has 0 aliphatic carbocycles. The van der Waals surface area contributed by atoms with Gasteiger partial charge < -0.3 is 10.2 Å². The highest BCUT2D eigenvalue weighted by Gasteiger charge is 2.30. The Bertz CT molecular complexity index is 561. The number of likely N-dealkylation sites (N-methyl/N-ethyl adjacent to an activating group) is 1. The summed E-state index contributed by atoms with van der Waals surface area (Å²) < 4.78 is 0. The molecule has 0 unspecified atom stereocenters. The molecule has 0 aromatic heterocycles. The molecule has 2 rings (SSSR count). The van der Waals surface area contributed by atoms with Gasteiger partial charge in [0, 0.05) is 31.8 Å². The van der Waals surface area contributed by atoms with Crippen LogP contribution >= 0.6 is 23.2 Å². The fourth-order valence-corrected chi connectivity index (χ4v) is 2.46. The third kappa shape index (κ3) is 2.72. The fraction of sp³-hybridized carbons (Fsp3) is 0.417. The number of nitro groups is 1. The van der Waals surface area contributed by atoms with Crippen LogP contribution in [0.5, 0.6) is 0 Å². The van der Waals surface area contributed by atoms with Crippen LogP contribution in [-0.2, 0) is 0 Å². The van der Waals surface area contributed by atoms with Crippen LogP contribution in [-0.4, -0.2) is 41.4 Å². The number of non-ortho nitro benzene ring substituents is 1. The first-order chi connectivity index (χ1) is 9.45. The van der Waals surface area contributed by atoms with Crippen LogP contribution in [0.15, 0.2) is 12.1 Å². The number of hydrogen-bond donors (Lipinski definition) is 1. The number of carbonyl (C=O) groups excluding carboxylic acids is 1. The van der Waals surface area contributed by atoms with Gasteiger partial charge in [0.2, 0.25) is 0 Å². The molecule has 1 aliphatic rings. The second-order valence-corrected chi connectivity index (χ2v) is 5.23. The predicted octanol–water partition coefficient (Wildman–Crippen LogP) is 2.34. The normalized spacial score (nSPS) is 14.8. The molecule has 20 heavy (non-hydrogen) atoms. The Hall–Kier alpha value is -1.37. The van der Waals surface area contributed by atoms with Crippen LogP contribution in [0.25, 0.3) is 0 Å². The van der Waals surface area contributed by atoms with E-state index in [1.807, 2.05) is 6.92 Å². The molecule has 6 nitrogen and oxygen atoms in total. The van der Waals surface area contributed by atoms with E-state index in [4.69, 9.17) is 23.2 Å². The lowest BCUT2D eigenvalue weighted by Crippen LogP contribution is -2.58. The van der Waals surface area contributed by atoms with Gasteiger partial charge in [-0.3, -0.25) is 14.9 Å². The Morgan fingerprint density at radius 2 is 2.15 bits per heavy atom. The minimum atomic E-state index is -0.597. The van der Waals surface area contributed by atoms with Crippen molar-refractivity contribution in [3.05, 3.63) is 37.9 Å². The molecule has 1 saturated heterocycles. The topological polar surface area (TPSA) is 75.5 Å². The van der Waals surface area contributed by atoms with Crippen LogP contribution in [0.4, 0.5) is 5.69 Å². The van der Waals surface area contributed by atoms with Gasteiger partial charge in [0.15, 0.2) is 0 Å². The van der Waals surface area contributed by atoms with E-state index in [1.165, 1.54) is 6.07 Å². The zero-order valence-corrected chi connectivity index (χ0v) is 12.2. The van der Waals surface area contributed by atoms with Gasteiger partial charge in [0.1, 0.15) is 0 Å². The molecule has 1 amide bonds. The fourth-order valence-electron chi connectivity index (χ4n) is 2.05. The van der Waals surface area contributed by atoms with Gasteiger partial charge in [-0.1, -0.05) is 23.2 Å². The van der Waals surface area contributed by atoms with Gasteiger partial charge in [-0.25, -0.2) is 0 Å². The van der Waals surface area contributed by atoms with Crippen molar-refractivity contribution in [3.8, 4) is 0 Å². The summed E-state index contributed by atoms with van der Waals surface area (Å²) in [4.78, 5) is 24.4. The number of halogens is 2. The number of carbonyl (C=O) groups is 1. The van der Waals surface area contributed by atoms with Gasteiger partial charge in [-0.2, -0.15) is 0 Å². The number of nitrogens with one attached hydrogen (secondary N) is 1. The molecule has 1 aromatic rings. The molecule has 0 saturated carbocycles. The molecule has 108 valence electrons. The summed E-state index contributed by atoms with van der Waals surface area (Å²) in [6.45, 7) is 3.77. The van der Waals surface area contributed by atoms with Crippen LogP contribution in [0, 0.1) is 10.1 Å². The van der Waals surface area contributed by atoms with Crippen molar-refractivity contribution in [2.24, 2.45) is 0 Å². The lowest BCUT2D eigenvalue weighted by molar-refractivity contribution is -0.384. The third-order valence-electron chi connectivity index (χ3n) is 3.26. The Labute approximate surface area is 125 Å². The Balaban J connectivity index is 2.39. The van der Waals surface area contributed by atoms with E-state index >= 15 is 0 Å². The van der Waals surface area contributed by atoms with Gasteiger partial charge >= 0.3 is 0 Å². The van der Waals surface area contributed by atoms with E-state index in [0.717, 1.165) is 6.07 Å². The smallest absolute Gasteiger partial charge is 0.271 e. The maximum atomic E-state index is 12.5. The van der Waals surface area contributed by atoms with Gasteiger partial charge in [0.05, 0.1) is 26.6 Å². The maximum Gasteiger partial charge on any atom is 0.271 e. The summed E-state index contributed by atoms with van der Waals surface area (Å²) >= 11 is 11.9. The number of rotatable bonds is 4. The number of nitro benzene ring substituents is 1. The second kappa shape index (κ2) is 5.95. The van der Waals surface area contributed by atoms with Crippen LogP contribution in [0.1, 0.15) is 17.3 Å². The minimum Gasteiger partial charge on any atom is -0.333 e. The standard InChI is InChI=1S/C12H13Cl2N3O3/c1-2-16(8-5-15-6-8)12(18)9-3-7(17(19)20)4-10(13)11(9)14/h3-4,8,15H,2,5-6H2,1H3. The Morgan fingerprint density at radius 1 is 1.50 bits per heavy atom. The largest absolute Gasteiger partial charge is 0.333 e. The summed E-state index contributed by atoms with van der Waals surface area (Å²) in [5.41, 5.74) is -0.176. The SMILES string of the molecule is CCN(C(=O)c1cc([N+](=O)[O-])cc(Cl)c1Cl)C1CNC1. The van der Waals surface area contributed by atoms with Crippen LogP contribution < -0.4 is 5.32 Å². The van der Waals surface area contributed by atoms with E-state index in [2.05, 4.69) is 5.32 Å². The van der Waals surface area contributed by atoms with Gasteiger partial charge in [-0.05, 0) is 6.92 Å². The first kappa shape index (κ1) is 15.0. The molecule has 0 radical (unpaired) electrons. The number of amides is 1. The summed E-state index contributed by atoms with van der Waals surface area (Å²) in [7, 11) is 0. The van der Waals surface area contributed by atoms with Crippen molar-refractivity contribution >= 4 is 34.8 Å². The number of hydrogen-bond acceptors (Lipinski definition) is 4. The molecular formula is C12H13Cl2N3O3. The average Bonchev–Trinajstić information content (AvgIpc) is 2.35. The summed E-state index contributed by atoms with van der Waals surface area (Å²) in [5, 5.41) is 14.0. The van der Waals surface area contributed by atoms with E-state index in [0.29, 0.717) is 19.6 Å². The second-order valence-electron chi connectivity index (χ2n) is 4.45. The zero-order valence-electron chi connectivity index (χ0n) is 10.7. The summed E-state index contributed by atoms with van der Waals surface area (Å²) in [6, 6.07) is 2.40. The molecule has 1 fully saturated rings. The van der Waals surface area contributed by atoms with E-state index in [1.54, 1.807) is 4.90 Å². The predicted molar refractivity (Wildman–Crippen MR) is 76.5 cm³/mol. The number of benzene rings is 1. The highest BCUT2D eigenvalue weighted by atomic mass is 35.5. The molecule has 0 atom stereocenters. The average molecular weight is 318 g/mol. The number of nitrogens with zero attached hydrogens (tertiary/aromatic N) is 2. The van der Waals surface area contributed by atoms with Gasteiger partial charge in [0.25, 0.3) is 11.6 Å².